The lowest BCUT2D eigenvalue weighted by molar-refractivity contribution is -0.183. The zero-order chi connectivity index (χ0) is 32.5. The van der Waals surface area contributed by atoms with Gasteiger partial charge in [-0.15, -0.1) is 0 Å². The summed E-state index contributed by atoms with van der Waals surface area (Å²) >= 11 is 0. The van der Waals surface area contributed by atoms with E-state index >= 15 is 0 Å². The monoisotopic (exact) mass is 596 g/mol. The lowest BCUT2D eigenvalue weighted by atomic mass is 9.41. The van der Waals surface area contributed by atoms with E-state index in [1.54, 1.807) is 19.9 Å². The minimum Gasteiger partial charge on any atom is -0.507 e. The Balaban J connectivity index is 1.61. The number of fused-ring (bicyclic) bond motifs is 3. The molecule has 0 aromatic heterocycles. The lowest BCUT2D eigenvalue weighted by Gasteiger charge is -2.60. The minimum atomic E-state index is -2.53. The predicted molar refractivity (Wildman–Crippen MR) is 170 cm³/mol. The van der Waals surface area contributed by atoms with E-state index in [-0.39, 0.29) is 23.7 Å². The van der Waals surface area contributed by atoms with Gasteiger partial charge in [-0.05, 0) is 91.7 Å². The molecular formula is C38H44O6. The third-order valence-corrected chi connectivity index (χ3v) is 10.8. The zero-order valence-corrected chi connectivity index (χ0v) is 27.1. The second-order valence-corrected chi connectivity index (χ2v) is 14.1. The van der Waals surface area contributed by atoms with Crippen LogP contribution in [-0.4, -0.2) is 38.9 Å². The summed E-state index contributed by atoms with van der Waals surface area (Å²) < 4.78 is 0. The van der Waals surface area contributed by atoms with Crippen LogP contribution in [-0.2, 0) is 33.6 Å². The Kier molecular flexibility index (Phi) is 7.77. The number of allylic oxidation sites excluding steroid dienone is 2. The maximum Gasteiger partial charge on any atom is 0.192 e. The van der Waals surface area contributed by atoms with Crippen molar-refractivity contribution in [2.45, 2.75) is 86.7 Å². The van der Waals surface area contributed by atoms with E-state index < -0.39 is 51.4 Å². The molecule has 0 radical (unpaired) electrons. The number of hydrogen-bond acceptors (Lipinski definition) is 6. The highest BCUT2D eigenvalue weighted by molar-refractivity contribution is 6.27. The Labute approximate surface area is 260 Å². The number of carbonyl (C=O) groups is 4. The summed E-state index contributed by atoms with van der Waals surface area (Å²) in [5.74, 6) is -5.68. The van der Waals surface area contributed by atoms with Gasteiger partial charge in [0.25, 0.3) is 0 Å². The molecule has 232 valence electrons. The molecule has 5 rings (SSSR count). The molecule has 2 unspecified atom stereocenters. The maximum atomic E-state index is 14.5. The number of phenols is 1. The molecule has 0 aliphatic heterocycles. The summed E-state index contributed by atoms with van der Waals surface area (Å²) in [7, 11) is 0. The quantitative estimate of drug-likeness (QED) is 0.297. The van der Waals surface area contributed by atoms with Crippen LogP contribution in [0.3, 0.4) is 0 Å². The van der Waals surface area contributed by atoms with Crippen LogP contribution in [0.1, 0.15) is 93.1 Å². The smallest absolute Gasteiger partial charge is 0.192 e. The van der Waals surface area contributed by atoms with Gasteiger partial charge < -0.3 is 10.2 Å². The van der Waals surface area contributed by atoms with Crippen LogP contribution in [0.4, 0.5) is 0 Å². The van der Waals surface area contributed by atoms with Gasteiger partial charge in [0.05, 0.1) is 11.5 Å². The summed E-state index contributed by atoms with van der Waals surface area (Å²) in [4.78, 5) is 55.4. The molecule has 1 saturated carbocycles. The highest BCUT2D eigenvalue weighted by atomic mass is 16.3. The van der Waals surface area contributed by atoms with Gasteiger partial charge in [-0.1, -0.05) is 82.2 Å². The topological polar surface area (TPSA) is 109 Å². The van der Waals surface area contributed by atoms with Crippen molar-refractivity contribution >= 4 is 29.2 Å². The number of benzene rings is 2. The van der Waals surface area contributed by atoms with Crippen LogP contribution < -0.4 is 0 Å². The van der Waals surface area contributed by atoms with Gasteiger partial charge in [0.1, 0.15) is 17.5 Å². The average molecular weight is 597 g/mol. The molecule has 0 amide bonds. The Bertz CT molecular complexity index is 1670. The zero-order valence-electron chi connectivity index (χ0n) is 27.1. The number of ketones is 4. The molecule has 2 aromatic rings. The third-order valence-electron chi connectivity index (χ3n) is 10.8. The average Bonchev–Trinajstić information content (AvgIpc) is 2.92. The van der Waals surface area contributed by atoms with Crippen LogP contribution >= 0.6 is 0 Å². The highest BCUT2D eigenvalue weighted by Gasteiger charge is 2.73. The first-order valence-corrected chi connectivity index (χ1v) is 15.7. The predicted octanol–water partition coefficient (Wildman–Crippen LogP) is 6.35. The van der Waals surface area contributed by atoms with Crippen molar-refractivity contribution in [1.82, 2.24) is 0 Å². The fourth-order valence-corrected chi connectivity index (χ4v) is 9.07. The van der Waals surface area contributed by atoms with E-state index in [1.165, 1.54) is 29.7 Å². The van der Waals surface area contributed by atoms with Crippen LogP contribution in [0.25, 0.3) is 6.08 Å². The third kappa shape index (κ3) is 4.40. The number of aryl methyl sites for hydroxylation is 2. The Morgan fingerprint density at radius 3 is 2.36 bits per heavy atom. The van der Waals surface area contributed by atoms with E-state index in [9.17, 15) is 29.4 Å². The molecule has 3 aliphatic rings. The summed E-state index contributed by atoms with van der Waals surface area (Å²) in [6.45, 7) is 14.8. The van der Waals surface area contributed by atoms with Crippen molar-refractivity contribution in [2.75, 3.05) is 0 Å². The van der Waals surface area contributed by atoms with E-state index in [0.717, 1.165) is 17.6 Å². The molecule has 6 nitrogen and oxygen atoms in total. The van der Waals surface area contributed by atoms with Gasteiger partial charge in [-0.3, -0.25) is 19.2 Å². The van der Waals surface area contributed by atoms with E-state index in [2.05, 4.69) is 32.0 Å². The summed E-state index contributed by atoms with van der Waals surface area (Å²) in [5.41, 5.74) is 1.83. The molecule has 3 aliphatic carbocycles. The SMILES string of the molecule is CCc1cc(C/C=C\c2ccc(O)c3c2C[C@@]2(C)C[C@@]4(C)C(C(C)C)=C(C)C(C(C)=O)C(=O)[C@@]4(O)C(=O)C2C3=O)ccc1C. The minimum absolute atomic E-state index is 0.0703. The number of aliphatic hydroxyl groups is 1. The molecule has 2 aromatic carbocycles. The second-order valence-electron chi connectivity index (χ2n) is 14.1. The molecule has 0 spiro atoms. The first-order valence-electron chi connectivity index (χ1n) is 15.7. The summed E-state index contributed by atoms with van der Waals surface area (Å²) in [6.07, 6.45) is 6.17. The lowest BCUT2D eigenvalue weighted by Crippen LogP contribution is -2.73. The second kappa shape index (κ2) is 10.8. The number of hydrogen-bond donors (Lipinski definition) is 2. The van der Waals surface area contributed by atoms with Crippen LogP contribution in [0, 0.1) is 35.5 Å². The number of carbonyl (C=O) groups excluding carboxylic acids is 4. The van der Waals surface area contributed by atoms with E-state index in [0.29, 0.717) is 24.0 Å². The van der Waals surface area contributed by atoms with Gasteiger partial charge in [0, 0.05) is 5.41 Å². The fourth-order valence-electron chi connectivity index (χ4n) is 9.07. The van der Waals surface area contributed by atoms with Crippen LogP contribution in [0.5, 0.6) is 5.75 Å². The molecule has 0 bridgehead atoms. The van der Waals surface area contributed by atoms with Crippen molar-refractivity contribution in [3.8, 4) is 5.75 Å². The van der Waals surface area contributed by atoms with Gasteiger partial charge in [0.2, 0.25) is 0 Å². The van der Waals surface area contributed by atoms with E-state index in [4.69, 9.17) is 0 Å². The van der Waals surface area contributed by atoms with E-state index in [1.807, 2.05) is 32.9 Å². The highest BCUT2D eigenvalue weighted by Crippen LogP contribution is 2.64. The van der Waals surface area contributed by atoms with Crippen molar-refractivity contribution in [1.29, 1.82) is 0 Å². The molecule has 2 N–H and O–H groups in total. The molecule has 5 atom stereocenters. The molecule has 1 fully saturated rings. The Hall–Kier alpha value is -3.64. The molecule has 44 heavy (non-hydrogen) atoms. The first-order chi connectivity index (χ1) is 20.5. The number of phenolic OH excluding ortho intramolecular Hbond substituents is 1. The van der Waals surface area contributed by atoms with Gasteiger partial charge in [-0.25, -0.2) is 0 Å². The van der Waals surface area contributed by atoms with Gasteiger partial charge in [0.15, 0.2) is 23.0 Å². The first kappa shape index (κ1) is 31.8. The molecule has 0 saturated heterocycles. The van der Waals surface area contributed by atoms with Crippen LogP contribution in [0.15, 0.2) is 47.6 Å². The van der Waals surface area contributed by atoms with Crippen molar-refractivity contribution < 1.29 is 29.4 Å². The number of aromatic hydroxyl groups is 1. The largest absolute Gasteiger partial charge is 0.507 e. The van der Waals surface area contributed by atoms with Gasteiger partial charge in [-0.2, -0.15) is 0 Å². The molecular weight excluding hydrogens is 552 g/mol. The van der Waals surface area contributed by atoms with Crippen molar-refractivity contribution in [3.63, 3.8) is 0 Å². The summed E-state index contributed by atoms with van der Waals surface area (Å²) in [5, 5.41) is 23.2. The molecule has 0 heterocycles. The fraction of sp³-hybridized carbons (Fsp3) is 0.474. The Morgan fingerprint density at radius 2 is 1.75 bits per heavy atom. The van der Waals surface area contributed by atoms with Gasteiger partial charge >= 0.3 is 0 Å². The van der Waals surface area contributed by atoms with Crippen molar-refractivity contribution in [2.24, 2.45) is 28.6 Å². The number of Topliss-reactive ketones (excluding diaryl/α,β-unsaturated/α-hetero) is 4. The maximum absolute atomic E-state index is 14.5. The summed E-state index contributed by atoms with van der Waals surface area (Å²) in [6, 6.07) is 9.71. The number of rotatable bonds is 6. The standard InChI is InChI=1S/C38H44O6/c1-9-25-17-24(14-13-21(25)4)11-10-12-26-15-16-28(40)30-27(26)18-36(7)19-37(8)31(20(2)3)22(5)29(23(6)39)34(42)38(37,44)35(43)32(36)33(30)41/h10,12-17,20,29,32,40,44H,9,11,18-19H2,1-8H3/b12-10-/t29?,32?,36-,37-,38+/m0/s1. The normalized spacial score (nSPS) is 30.1. The van der Waals surface area contributed by atoms with Crippen molar-refractivity contribution in [3.05, 3.63) is 80.9 Å². The molecule has 6 heteroatoms. The van der Waals surface area contributed by atoms with Crippen LogP contribution in [0.2, 0.25) is 0 Å². The Morgan fingerprint density at radius 1 is 1.07 bits per heavy atom.